The molecule has 6 nitrogen and oxygen atoms in total. The number of nitrogens with zero attached hydrogens (tertiary/aromatic N) is 1. The summed E-state index contributed by atoms with van der Waals surface area (Å²) in [5.41, 5.74) is 1.01. The summed E-state index contributed by atoms with van der Waals surface area (Å²) in [6, 6.07) is 6.74. The second-order valence-corrected chi connectivity index (χ2v) is 8.21. The van der Waals surface area contributed by atoms with E-state index in [0.717, 1.165) is 31.2 Å². The number of halogens is 1. The molecule has 0 radical (unpaired) electrons. The van der Waals surface area contributed by atoms with Gasteiger partial charge in [0.25, 0.3) is 0 Å². The Bertz CT molecular complexity index is 676. The van der Waals surface area contributed by atoms with Gasteiger partial charge in [-0.1, -0.05) is 18.6 Å². The molecule has 2 aliphatic heterocycles. The first-order valence-corrected chi connectivity index (χ1v) is 10.6. The molecule has 2 N–H and O–H groups in total. The van der Waals surface area contributed by atoms with Crippen LogP contribution >= 0.6 is 0 Å². The van der Waals surface area contributed by atoms with Gasteiger partial charge in [0.15, 0.2) is 0 Å². The Hall–Kier alpha value is -1.99. The zero-order valence-corrected chi connectivity index (χ0v) is 17.2. The van der Waals surface area contributed by atoms with E-state index < -0.39 is 0 Å². The number of rotatable bonds is 5. The molecule has 2 heterocycles. The van der Waals surface area contributed by atoms with Crippen LogP contribution in [0, 0.1) is 11.7 Å². The minimum absolute atomic E-state index is 0.00336. The molecule has 0 bridgehead atoms. The van der Waals surface area contributed by atoms with Gasteiger partial charge in [0, 0.05) is 57.8 Å². The molecule has 1 aromatic rings. The lowest BCUT2D eigenvalue weighted by Crippen LogP contribution is -2.44. The zero-order valence-electron chi connectivity index (χ0n) is 17.2. The van der Waals surface area contributed by atoms with Gasteiger partial charge in [-0.15, -0.1) is 0 Å². The minimum atomic E-state index is -0.274. The number of amides is 2. The fourth-order valence-electron chi connectivity index (χ4n) is 4.02. The monoisotopic (exact) mass is 405 g/mol. The Labute approximate surface area is 172 Å². The van der Waals surface area contributed by atoms with Gasteiger partial charge in [-0.2, -0.15) is 0 Å². The highest BCUT2D eigenvalue weighted by Crippen LogP contribution is 2.20. The van der Waals surface area contributed by atoms with Crippen LogP contribution < -0.4 is 10.6 Å². The zero-order chi connectivity index (χ0) is 20.6. The molecular weight excluding hydrogens is 373 g/mol. The summed E-state index contributed by atoms with van der Waals surface area (Å²) < 4.78 is 18.4. The third kappa shape index (κ3) is 6.78. The maximum atomic E-state index is 13.1. The van der Waals surface area contributed by atoms with E-state index in [9.17, 15) is 14.0 Å². The Kier molecular flexibility index (Phi) is 8.00. The number of carbonyl (C=O) groups is 2. The van der Waals surface area contributed by atoms with Crippen LogP contribution in [-0.2, 0) is 20.9 Å². The maximum Gasteiger partial charge on any atom is 0.223 e. The highest BCUT2D eigenvalue weighted by molar-refractivity contribution is 5.86. The Morgan fingerprint density at radius 3 is 2.59 bits per heavy atom. The van der Waals surface area contributed by atoms with Crippen molar-refractivity contribution in [3.63, 3.8) is 0 Å². The van der Waals surface area contributed by atoms with Crippen molar-refractivity contribution in [3.05, 3.63) is 35.6 Å². The van der Waals surface area contributed by atoms with Crippen LogP contribution in [-0.4, -0.2) is 55.6 Å². The summed E-state index contributed by atoms with van der Waals surface area (Å²) in [6.45, 7) is 2.59. The molecule has 0 aromatic heterocycles. The van der Waals surface area contributed by atoms with Crippen LogP contribution in [0.4, 0.5) is 4.39 Å². The lowest BCUT2D eigenvalue weighted by Gasteiger charge is -2.26. The third-order valence-corrected chi connectivity index (χ3v) is 5.89. The van der Waals surface area contributed by atoms with E-state index >= 15 is 0 Å². The molecule has 2 fully saturated rings. The molecule has 3 rings (SSSR count). The summed E-state index contributed by atoms with van der Waals surface area (Å²) in [6.07, 6.45) is 4.41. The van der Waals surface area contributed by atoms with Crippen molar-refractivity contribution < 1.29 is 18.7 Å². The summed E-state index contributed by atoms with van der Waals surface area (Å²) in [5, 5.41) is 6.60. The molecule has 0 saturated carbocycles. The molecule has 7 heteroatoms. The van der Waals surface area contributed by atoms with E-state index in [4.69, 9.17) is 4.74 Å². The van der Waals surface area contributed by atoms with Crippen molar-refractivity contribution in [2.75, 3.05) is 26.8 Å². The van der Waals surface area contributed by atoms with Crippen LogP contribution in [0.1, 0.15) is 44.1 Å². The first-order chi connectivity index (χ1) is 14.0. The average Bonchev–Trinajstić information content (AvgIpc) is 2.78. The van der Waals surface area contributed by atoms with Gasteiger partial charge in [0.1, 0.15) is 5.82 Å². The predicted molar refractivity (Wildman–Crippen MR) is 109 cm³/mol. The van der Waals surface area contributed by atoms with Gasteiger partial charge in [-0.25, -0.2) is 4.39 Å². The van der Waals surface area contributed by atoms with Gasteiger partial charge >= 0.3 is 0 Å². The summed E-state index contributed by atoms with van der Waals surface area (Å²) in [4.78, 5) is 27.1. The van der Waals surface area contributed by atoms with Crippen LogP contribution in [0.25, 0.3) is 0 Å². The number of hydrogen-bond acceptors (Lipinski definition) is 4. The minimum Gasteiger partial charge on any atom is -0.381 e. The van der Waals surface area contributed by atoms with Gasteiger partial charge in [0.05, 0.1) is 0 Å². The van der Waals surface area contributed by atoms with Crippen molar-refractivity contribution in [2.24, 2.45) is 5.92 Å². The Morgan fingerprint density at radius 2 is 1.86 bits per heavy atom. The number of hydrogen-bond donors (Lipinski definition) is 2. The van der Waals surface area contributed by atoms with Crippen molar-refractivity contribution in [2.45, 2.75) is 57.2 Å². The van der Waals surface area contributed by atoms with Gasteiger partial charge in [-0.3, -0.25) is 9.59 Å². The molecule has 0 aliphatic carbocycles. The van der Waals surface area contributed by atoms with Gasteiger partial charge < -0.3 is 20.3 Å². The molecule has 2 amide bonds. The summed E-state index contributed by atoms with van der Waals surface area (Å²) in [7, 11) is 1.80. The van der Waals surface area contributed by atoms with Crippen molar-refractivity contribution in [1.82, 2.24) is 15.5 Å². The Morgan fingerprint density at radius 1 is 1.14 bits per heavy atom. The quantitative estimate of drug-likeness (QED) is 0.788. The lowest BCUT2D eigenvalue weighted by molar-refractivity contribution is -0.136. The highest BCUT2D eigenvalue weighted by Gasteiger charge is 2.28. The molecule has 0 spiro atoms. The van der Waals surface area contributed by atoms with Gasteiger partial charge in [-0.05, 0) is 43.4 Å². The van der Waals surface area contributed by atoms with E-state index in [2.05, 4.69) is 10.6 Å². The second kappa shape index (κ2) is 10.7. The predicted octanol–water partition coefficient (Wildman–Crippen LogP) is 2.23. The first kappa shape index (κ1) is 21.7. The van der Waals surface area contributed by atoms with Crippen LogP contribution in [0.2, 0.25) is 0 Å². The van der Waals surface area contributed by atoms with Crippen molar-refractivity contribution >= 4 is 11.8 Å². The topological polar surface area (TPSA) is 70.7 Å². The second-order valence-electron chi connectivity index (χ2n) is 8.21. The third-order valence-electron chi connectivity index (χ3n) is 5.89. The molecule has 2 saturated heterocycles. The van der Waals surface area contributed by atoms with E-state index in [-0.39, 0.29) is 42.1 Å². The molecule has 2 aliphatic rings. The SMILES string of the molecule is CN1CC(NCc2ccc(F)cc2)CCCC(C(=O)NC2CCOCC2)CC1=O. The molecular formula is C22H32FN3O3. The maximum absolute atomic E-state index is 13.1. The van der Waals surface area contributed by atoms with Gasteiger partial charge in [0.2, 0.25) is 11.8 Å². The fraction of sp³-hybridized carbons (Fsp3) is 0.636. The molecule has 160 valence electrons. The molecule has 2 atom stereocenters. The smallest absolute Gasteiger partial charge is 0.223 e. The van der Waals surface area contributed by atoms with E-state index in [1.54, 1.807) is 24.1 Å². The number of nitrogens with one attached hydrogen (secondary N) is 2. The standard InChI is InChI=1S/C22H32FN3O3/c1-26-15-20(24-14-16-5-7-18(23)8-6-16)4-2-3-17(13-21(26)27)22(28)25-19-9-11-29-12-10-19/h5-8,17,19-20,24H,2-4,9-15H2,1H3,(H,25,28). The molecule has 2 unspecified atom stereocenters. The largest absolute Gasteiger partial charge is 0.381 e. The van der Waals surface area contributed by atoms with E-state index in [1.807, 2.05) is 0 Å². The Balaban J connectivity index is 1.53. The normalized spacial score (nSPS) is 24.5. The van der Waals surface area contributed by atoms with E-state index in [0.29, 0.717) is 32.7 Å². The van der Waals surface area contributed by atoms with Crippen molar-refractivity contribution in [3.8, 4) is 0 Å². The highest BCUT2D eigenvalue weighted by atomic mass is 19.1. The first-order valence-electron chi connectivity index (χ1n) is 10.6. The number of carbonyl (C=O) groups excluding carboxylic acids is 2. The average molecular weight is 406 g/mol. The van der Waals surface area contributed by atoms with Crippen molar-refractivity contribution in [1.29, 1.82) is 0 Å². The molecule has 29 heavy (non-hydrogen) atoms. The van der Waals surface area contributed by atoms with Crippen LogP contribution in [0.3, 0.4) is 0 Å². The van der Waals surface area contributed by atoms with Crippen LogP contribution in [0.15, 0.2) is 24.3 Å². The number of benzene rings is 1. The lowest BCUT2D eigenvalue weighted by atomic mass is 9.95. The van der Waals surface area contributed by atoms with E-state index in [1.165, 1.54) is 12.1 Å². The van der Waals surface area contributed by atoms with Crippen LogP contribution in [0.5, 0.6) is 0 Å². The fourth-order valence-corrected chi connectivity index (χ4v) is 4.02. The molecule has 1 aromatic carbocycles. The summed E-state index contributed by atoms with van der Waals surface area (Å²) in [5.74, 6) is -0.515. The summed E-state index contributed by atoms with van der Waals surface area (Å²) >= 11 is 0. The number of likely N-dealkylation sites (N-methyl/N-ethyl adjacent to an activating group) is 1. The number of ether oxygens (including phenoxy) is 1.